The van der Waals surface area contributed by atoms with Crippen molar-refractivity contribution in [2.45, 2.75) is 13.3 Å². The Hall–Kier alpha value is -3.21. The normalized spacial score (nSPS) is 10.3. The molecular formula is C20H18FN3O. The van der Waals surface area contributed by atoms with Gasteiger partial charge in [-0.25, -0.2) is 9.37 Å². The maximum atomic E-state index is 13.2. The second kappa shape index (κ2) is 7.57. The number of hydrogen-bond donors (Lipinski definition) is 2. The zero-order valence-electron chi connectivity index (χ0n) is 13.8. The van der Waals surface area contributed by atoms with Gasteiger partial charge >= 0.3 is 0 Å². The van der Waals surface area contributed by atoms with Crippen molar-refractivity contribution in [1.82, 2.24) is 4.98 Å². The maximum Gasteiger partial charge on any atom is 0.274 e. The molecule has 0 aliphatic rings. The molecule has 0 fully saturated rings. The summed E-state index contributed by atoms with van der Waals surface area (Å²) in [7, 11) is 0. The van der Waals surface area contributed by atoms with Crippen molar-refractivity contribution in [2.75, 3.05) is 10.6 Å². The van der Waals surface area contributed by atoms with E-state index < -0.39 is 0 Å². The molecule has 1 heterocycles. The van der Waals surface area contributed by atoms with Crippen LogP contribution in [0.15, 0.2) is 66.9 Å². The number of carbonyl (C=O) groups is 1. The number of aryl methyl sites for hydroxylation is 1. The highest BCUT2D eigenvalue weighted by atomic mass is 19.1. The quantitative estimate of drug-likeness (QED) is 0.705. The molecule has 3 aromatic rings. The highest BCUT2D eigenvalue weighted by Crippen LogP contribution is 2.18. The van der Waals surface area contributed by atoms with Crippen molar-refractivity contribution in [3.63, 3.8) is 0 Å². The van der Waals surface area contributed by atoms with Crippen LogP contribution in [0.2, 0.25) is 0 Å². The molecule has 3 rings (SSSR count). The van der Waals surface area contributed by atoms with Crippen LogP contribution in [0.4, 0.5) is 21.5 Å². The van der Waals surface area contributed by atoms with Crippen LogP contribution in [0.1, 0.15) is 23.0 Å². The van der Waals surface area contributed by atoms with Crippen molar-refractivity contribution in [3.05, 3.63) is 83.9 Å². The van der Waals surface area contributed by atoms with E-state index in [-0.39, 0.29) is 11.7 Å². The molecule has 25 heavy (non-hydrogen) atoms. The third kappa shape index (κ3) is 4.20. The van der Waals surface area contributed by atoms with E-state index in [2.05, 4.69) is 15.6 Å². The monoisotopic (exact) mass is 335 g/mol. The van der Waals surface area contributed by atoms with E-state index in [0.29, 0.717) is 17.1 Å². The molecule has 126 valence electrons. The number of hydrogen-bond acceptors (Lipinski definition) is 3. The molecule has 1 aromatic heterocycles. The third-order valence-corrected chi connectivity index (χ3v) is 3.76. The number of benzene rings is 2. The minimum atomic E-state index is -0.316. The minimum absolute atomic E-state index is 0.266. The summed E-state index contributed by atoms with van der Waals surface area (Å²) in [5.41, 5.74) is 3.47. The van der Waals surface area contributed by atoms with Crippen LogP contribution < -0.4 is 10.6 Å². The molecule has 2 aromatic carbocycles. The highest BCUT2D eigenvalue weighted by molar-refractivity contribution is 6.03. The molecule has 4 nitrogen and oxygen atoms in total. The van der Waals surface area contributed by atoms with Crippen molar-refractivity contribution in [1.29, 1.82) is 0 Å². The first kappa shape index (κ1) is 16.6. The summed E-state index contributed by atoms with van der Waals surface area (Å²) in [6.07, 6.45) is 2.38. The largest absolute Gasteiger partial charge is 0.354 e. The van der Waals surface area contributed by atoms with Gasteiger partial charge in [-0.1, -0.05) is 31.2 Å². The average molecular weight is 335 g/mol. The molecule has 0 aliphatic carbocycles. The first-order valence-electron chi connectivity index (χ1n) is 8.03. The van der Waals surface area contributed by atoms with E-state index in [1.54, 1.807) is 30.5 Å². The summed E-state index contributed by atoms with van der Waals surface area (Å²) >= 11 is 0. The number of nitrogens with zero attached hydrogens (tertiary/aromatic N) is 1. The lowest BCUT2D eigenvalue weighted by atomic mass is 10.1. The first-order valence-corrected chi connectivity index (χ1v) is 8.03. The van der Waals surface area contributed by atoms with Gasteiger partial charge in [0.15, 0.2) is 0 Å². The van der Waals surface area contributed by atoms with Gasteiger partial charge in [0.25, 0.3) is 5.91 Å². The fourth-order valence-corrected chi connectivity index (χ4v) is 2.47. The van der Waals surface area contributed by atoms with Crippen molar-refractivity contribution in [2.24, 2.45) is 0 Å². The fraction of sp³-hybridized carbons (Fsp3) is 0.100. The number of para-hydroxylation sites is 1. The van der Waals surface area contributed by atoms with E-state index in [0.717, 1.165) is 17.7 Å². The van der Waals surface area contributed by atoms with Crippen molar-refractivity contribution >= 4 is 23.0 Å². The van der Waals surface area contributed by atoms with Crippen LogP contribution in [0, 0.1) is 5.82 Å². The molecule has 2 N–H and O–H groups in total. The Bertz CT molecular complexity index is 878. The highest BCUT2D eigenvalue weighted by Gasteiger charge is 2.09. The Labute approximate surface area is 145 Å². The predicted molar refractivity (Wildman–Crippen MR) is 97.7 cm³/mol. The standard InChI is InChI=1S/C20H18FN3O/c1-2-14-6-3-4-9-18(14)24-20(25)19-11-10-17(13-22-19)23-16-8-5-7-15(21)12-16/h3-13,23H,2H2,1H3,(H,24,25). The van der Waals surface area contributed by atoms with E-state index in [1.165, 1.54) is 12.1 Å². The zero-order valence-corrected chi connectivity index (χ0v) is 13.8. The Morgan fingerprint density at radius 2 is 1.88 bits per heavy atom. The maximum absolute atomic E-state index is 13.2. The van der Waals surface area contributed by atoms with Gasteiger partial charge in [-0.2, -0.15) is 0 Å². The SMILES string of the molecule is CCc1ccccc1NC(=O)c1ccc(Nc2cccc(F)c2)cn1. The Morgan fingerprint density at radius 1 is 1.04 bits per heavy atom. The second-order valence-electron chi connectivity index (χ2n) is 5.53. The molecule has 0 saturated carbocycles. The van der Waals surface area contributed by atoms with Crippen molar-refractivity contribution in [3.8, 4) is 0 Å². The lowest BCUT2D eigenvalue weighted by molar-refractivity contribution is 0.102. The predicted octanol–water partition coefficient (Wildman–Crippen LogP) is 4.78. The molecule has 0 saturated heterocycles. The number of rotatable bonds is 5. The first-order chi connectivity index (χ1) is 12.2. The number of carbonyl (C=O) groups excluding carboxylic acids is 1. The molecule has 1 amide bonds. The van der Waals surface area contributed by atoms with Gasteiger partial charge < -0.3 is 10.6 Å². The minimum Gasteiger partial charge on any atom is -0.354 e. The van der Waals surface area contributed by atoms with Crippen LogP contribution in [-0.4, -0.2) is 10.9 Å². The molecule has 0 bridgehead atoms. The molecule has 5 heteroatoms. The number of anilines is 3. The molecule has 0 unspecified atom stereocenters. The van der Waals surface area contributed by atoms with E-state index >= 15 is 0 Å². The van der Waals surface area contributed by atoms with Crippen LogP contribution in [0.5, 0.6) is 0 Å². The number of halogens is 1. The van der Waals surface area contributed by atoms with Crippen LogP contribution in [0.25, 0.3) is 0 Å². The van der Waals surface area contributed by atoms with E-state index in [1.807, 2.05) is 31.2 Å². The smallest absolute Gasteiger partial charge is 0.274 e. The summed E-state index contributed by atoms with van der Waals surface area (Å²) in [5, 5.41) is 5.93. The fourth-order valence-electron chi connectivity index (χ4n) is 2.47. The number of aromatic nitrogens is 1. The Balaban J connectivity index is 1.70. The Morgan fingerprint density at radius 3 is 2.60 bits per heavy atom. The van der Waals surface area contributed by atoms with Gasteiger partial charge in [0.1, 0.15) is 11.5 Å². The topological polar surface area (TPSA) is 54.0 Å². The zero-order chi connectivity index (χ0) is 17.6. The van der Waals surface area contributed by atoms with Gasteiger partial charge in [0.2, 0.25) is 0 Å². The van der Waals surface area contributed by atoms with Crippen LogP contribution in [-0.2, 0) is 6.42 Å². The summed E-state index contributed by atoms with van der Waals surface area (Å²) in [6.45, 7) is 2.04. The summed E-state index contributed by atoms with van der Waals surface area (Å²) < 4.78 is 13.2. The lowest BCUT2D eigenvalue weighted by Gasteiger charge is -2.10. The Kier molecular flexibility index (Phi) is 5.04. The summed E-state index contributed by atoms with van der Waals surface area (Å²) in [6, 6.07) is 17.2. The lowest BCUT2D eigenvalue weighted by Crippen LogP contribution is -2.14. The van der Waals surface area contributed by atoms with Crippen molar-refractivity contribution < 1.29 is 9.18 Å². The molecule has 0 atom stereocenters. The van der Waals surface area contributed by atoms with Gasteiger partial charge in [0, 0.05) is 11.4 Å². The number of amides is 1. The van der Waals surface area contributed by atoms with Gasteiger partial charge in [-0.3, -0.25) is 4.79 Å². The van der Waals surface area contributed by atoms with E-state index in [4.69, 9.17) is 0 Å². The van der Waals surface area contributed by atoms with Gasteiger partial charge in [-0.15, -0.1) is 0 Å². The molecular weight excluding hydrogens is 317 g/mol. The van der Waals surface area contributed by atoms with Crippen LogP contribution in [0.3, 0.4) is 0 Å². The molecule has 0 aliphatic heterocycles. The second-order valence-corrected chi connectivity index (χ2v) is 5.53. The van der Waals surface area contributed by atoms with Crippen LogP contribution >= 0.6 is 0 Å². The summed E-state index contributed by atoms with van der Waals surface area (Å²) in [4.78, 5) is 16.5. The third-order valence-electron chi connectivity index (χ3n) is 3.76. The van der Waals surface area contributed by atoms with Gasteiger partial charge in [-0.05, 0) is 48.4 Å². The number of nitrogens with one attached hydrogen (secondary N) is 2. The molecule has 0 spiro atoms. The average Bonchev–Trinajstić information content (AvgIpc) is 2.63. The number of pyridine rings is 1. The molecule has 0 radical (unpaired) electrons. The van der Waals surface area contributed by atoms with Gasteiger partial charge in [0.05, 0.1) is 11.9 Å². The van der Waals surface area contributed by atoms with E-state index in [9.17, 15) is 9.18 Å². The summed E-state index contributed by atoms with van der Waals surface area (Å²) in [5.74, 6) is -0.582.